The fourth-order valence-corrected chi connectivity index (χ4v) is 2.26. The average Bonchev–Trinajstić information content (AvgIpc) is 2.40. The first-order chi connectivity index (χ1) is 9.77. The highest BCUT2D eigenvalue weighted by atomic mass is 32.2. The summed E-state index contributed by atoms with van der Waals surface area (Å²) in [5.74, 6) is -0.566. The summed E-state index contributed by atoms with van der Waals surface area (Å²) in [4.78, 5) is 15.3. The van der Waals surface area contributed by atoms with Crippen molar-refractivity contribution in [2.24, 2.45) is 5.73 Å². The predicted molar refractivity (Wildman–Crippen MR) is 76.8 cm³/mol. The molecule has 0 fully saturated rings. The van der Waals surface area contributed by atoms with Gasteiger partial charge in [0, 0.05) is 6.26 Å². The Morgan fingerprint density at radius 3 is 2.62 bits per heavy atom. The van der Waals surface area contributed by atoms with Gasteiger partial charge in [0.1, 0.15) is 11.3 Å². The fraction of sp³-hybridized carbons (Fsp3) is 0.0769. The lowest BCUT2D eigenvalue weighted by atomic mass is 10.2. The van der Waals surface area contributed by atoms with E-state index in [0.29, 0.717) is 0 Å². The molecule has 7 nitrogen and oxygen atoms in total. The molecule has 0 saturated heterocycles. The Balaban J connectivity index is 2.41. The number of sulfone groups is 1. The molecule has 8 heteroatoms. The molecule has 1 aromatic heterocycles. The van der Waals surface area contributed by atoms with Gasteiger partial charge in [-0.3, -0.25) is 4.79 Å². The molecule has 0 aliphatic heterocycles. The topological polar surface area (TPSA) is 125 Å². The van der Waals surface area contributed by atoms with Crippen LogP contribution in [0.3, 0.4) is 0 Å². The first-order valence-electron chi connectivity index (χ1n) is 5.80. The van der Waals surface area contributed by atoms with Crippen molar-refractivity contribution < 1.29 is 17.9 Å². The van der Waals surface area contributed by atoms with Gasteiger partial charge in [-0.1, -0.05) is 6.07 Å². The minimum absolute atomic E-state index is 0.0137. The summed E-state index contributed by atoms with van der Waals surface area (Å²) < 4.78 is 28.4. The average molecular weight is 307 g/mol. The number of primary amides is 1. The predicted octanol–water partition coefficient (Wildman–Crippen LogP) is 0.959. The zero-order valence-electron chi connectivity index (χ0n) is 11.1. The molecule has 21 heavy (non-hydrogen) atoms. The molecule has 0 radical (unpaired) electrons. The van der Waals surface area contributed by atoms with Crippen LogP contribution in [0.15, 0.2) is 41.4 Å². The molecule has 2 aromatic rings. The summed E-state index contributed by atoms with van der Waals surface area (Å²) in [6.07, 6.45) is 2.39. The van der Waals surface area contributed by atoms with Gasteiger partial charge in [-0.25, -0.2) is 13.4 Å². The number of carbonyl (C=O) groups is 1. The van der Waals surface area contributed by atoms with Gasteiger partial charge in [-0.2, -0.15) is 0 Å². The van der Waals surface area contributed by atoms with E-state index in [1.165, 1.54) is 36.5 Å². The summed E-state index contributed by atoms with van der Waals surface area (Å²) >= 11 is 0. The Labute approximate surface area is 121 Å². The van der Waals surface area contributed by atoms with Crippen LogP contribution < -0.4 is 16.2 Å². The number of anilines is 1. The molecule has 0 saturated carbocycles. The van der Waals surface area contributed by atoms with Crippen molar-refractivity contribution in [3.8, 4) is 11.6 Å². The van der Waals surface area contributed by atoms with Gasteiger partial charge in [0.2, 0.25) is 5.88 Å². The standard InChI is InChI=1S/C13H13N3O4S/c1-21(18,19)10-4-2-3-9(6-10)20-13-11(12(15)17)5-8(14)7-16-13/h2-7H,14H2,1H3,(H2,15,17). The molecule has 0 unspecified atom stereocenters. The highest BCUT2D eigenvalue weighted by molar-refractivity contribution is 7.90. The van der Waals surface area contributed by atoms with Crippen LogP contribution in [-0.4, -0.2) is 25.6 Å². The lowest BCUT2D eigenvalue weighted by molar-refractivity contribution is 0.0997. The molecule has 1 amide bonds. The van der Waals surface area contributed by atoms with Crippen LogP contribution in [-0.2, 0) is 9.84 Å². The number of nitrogen functional groups attached to an aromatic ring is 1. The van der Waals surface area contributed by atoms with Crippen LogP contribution in [0.4, 0.5) is 5.69 Å². The quantitative estimate of drug-likeness (QED) is 0.866. The van der Waals surface area contributed by atoms with Crippen molar-refractivity contribution in [1.82, 2.24) is 4.98 Å². The molecule has 0 atom stereocenters. The third-order valence-corrected chi connectivity index (χ3v) is 3.70. The van der Waals surface area contributed by atoms with Crippen molar-refractivity contribution in [1.29, 1.82) is 0 Å². The summed E-state index contributed by atoms with van der Waals surface area (Å²) in [7, 11) is -3.36. The number of hydrogen-bond donors (Lipinski definition) is 2. The van der Waals surface area contributed by atoms with Gasteiger partial charge in [-0.15, -0.1) is 0 Å². The minimum Gasteiger partial charge on any atom is -0.438 e. The second kappa shape index (κ2) is 5.41. The molecule has 0 spiro atoms. The Bertz CT molecular complexity index is 803. The van der Waals surface area contributed by atoms with Crippen LogP contribution in [0.1, 0.15) is 10.4 Å². The molecule has 4 N–H and O–H groups in total. The number of pyridine rings is 1. The molecule has 0 bridgehead atoms. The lowest BCUT2D eigenvalue weighted by Crippen LogP contribution is -2.13. The van der Waals surface area contributed by atoms with E-state index >= 15 is 0 Å². The molecule has 110 valence electrons. The number of amides is 1. The number of rotatable bonds is 4. The second-order valence-corrected chi connectivity index (χ2v) is 6.35. The van der Waals surface area contributed by atoms with E-state index in [-0.39, 0.29) is 27.8 Å². The van der Waals surface area contributed by atoms with Gasteiger partial charge in [0.15, 0.2) is 9.84 Å². The number of nitrogens with zero attached hydrogens (tertiary/aromatic N) is 1. The Hall–Kier alpha value is -2.61. The molecule has 0 aliphatic rings. The molecular formula is C13H13N3O4S. The lowest BCUT2D eigenvalue weighted by Gasteiger charge is -2.09. The highest BCUT2D eigenvalue weighted by Crippen LogP contribution is 2.26. The van der Waals surface area contributed by atoms with Gasteiger partial charge in [-0.05, 0) is 24.3 Å². The van der Waals surface area contributed by atoms with Crippen LogP contribution in [0.25, 0.3) is 0 Å². The van der Waals surface area contributed by atoms with Crippen molar-refractivity contribution in [3.05, 3.63) is 42.1 Å². The van der Waals surface area contributed by atoms with Gasteiger partial charge in [0.25, 0.3) is 5.91 Å². The summed E-state index contributed by atoms with van der Waals surface area (Å²) in [6, 6.07) is 7.17. The number of benzene rings is 1. The van der Waals surface area contributed by atoms with E-state index in [4.69, 9.17) is 16.2 Å². The number of hydrogen-bond acceptors (Lipinski definition) is 6. The van der Waals surface area contributed by atoms with E-state index in [1.54, 1.807) is 0 Å². The smallest absolute Gasteiger partial charge is 0.254 e. The van der Waals surface area contributed by atoms with Crippen LogP contribution in [0.2, 0.25) is 0 Å². The normalized spacial score (nSPS) is 11.1. The maximum absolute atomic E-state index is 11.5. The molecular weight excluding hydrogens is 294 g/mol. The summed E-state index contributed by atoms with van der Waals surface area (Å²) in [6.45, 7) is 0. The summed E-state index contributed by atoms with van der Waals surface area (Å²) in [5, 5.41) is 0. The largest absolute Gasteiger partial charge is 0.438 e. The fourth-order valence-electron chi connectivity index (χ4n) is 1.61. The second-order valence-electron chi connectivity index (χ2n) is 4.33. The minimum atomic E-state index is -3.36. The van der Waals surface area contributed by atoms with Crippen LogP contribution in [0.5, 0.6) is 11.6 Å². The van der Waals surface area contributed by atoms with Gasteiger partial charge < -0.3 is 16.2 Å². The molecule has 2 rings (SSSR count). The summed E-state index contributed by atoms with van der Waals surface area (Å²) in [5.41, 5.74) is 11.0. The number of aromatic nitrogens is 1. The van der Waals surface area contributed by atoms with Crippen molar-refractivity contribution in [3.63, 3.8) is 0 Å². The molecule has 0 aliphatic carbocycles. The van der Waals surface area contributed by atoms with Gasteiger partial charge >= 0.3 is 0 Å². The van der Waals surface area contributed by atoms with E-state index in [1.807, 2.05) is 0 Å². The number of ether oxygens (including phenoxy) is 1. The molecule has 1 heterocycles. The first-order valence-corrected chi connectivity index (χ1v) is 7.70. The highest BCUT2D eigenvalue weighted by Gasteiger charge is 2.14. The van der Waals surface area contributed by atoms with Crippen molar-refractivity contribution in [2.45, 2.75) is 4.90 Å². The maximum atomic E-state index is 11.5. The third kappa shape index (κ3) is 3.48. The molecule has 1 aromatic carbocycles. The Morgan fingerprint density at radius 1 is 1.29 bits per heavy atom. The van der Waals surface area contributed by atoms with Crippen molar-refractivity contribution in [2.75, 3.05) is 12.0 Å². The maximum Gasteiger partial charge on any atom is 0.254 e. The van der Waals surface area contributed by atoms with Crippen molar-refractivity contribution >= 4 is 21.4 Å². The van der Waals surface area contributed by atoms with Crippen LogP contribution >= 0.6 is 0 Å². The zero-order chi connectivity index (χ0) is 15.6. The van der Waals surface area contributed by atoms with Crippen LogP contribution in [0, 0.1) is 0 Å². The Kier molecular flexibility index (Phi) is 3.81. The SMILES string of the molecule is CS(=O)(=O)c1cccc(Oc2ncc(N)cc2C(N)=O)c1. The van der Waals surface area contributed by atoms with E-state index in [0.717, 1.165) is 6.26 Å². The monoisotopic (exact) mass is 307 g/mol. The van der Waals surface area contributed by atoms with E-state index in [2.05, 4.69) is 4.98 Å². The Morgan fingerprint density at radius 2 is 2.00 bits per heavy atom. The zero-order valence-corrected chi connectivity index (χ0v) is 11.9. The number of nitrogens with two attached hydrogens (primary N) is 2. The third-order valence-electron chi connectivity index (χ3n) is 2.59. The first kappa shape index (κ1) is 14.8. The number of carbonyl (C=O) groups excluding carboxylic acids is 1. The van der Waals surface area contributed by atoms with E-state index < -0.39 is 15.7 Å². The van der Waals surface area contributed by atoms with Gasteiger partial charge in [0.05, 0.1) is 16.8 Å². The van der Waals surface area contributed by atoms with E-state index in [9.17, 15) is 13.2 Å².